The fourth-order valence-corrected chi connectivity index (χ4v) is 3.03. The Morgan fingerprint density at radius 2 is 2.05 bits per heavy atom. The minimum atomic E-state index is 0.754. The Balaban J connectivity index is 1.77. The standard InChI is InChI=1S/C17H27N3/c1-12-6-7-20(11-13(12)2)17-8-14(3)18-9-15(17)10-19-16-4-5-16/h8-9,12-13,16,19H,4-7,10-11H2,1-3H3. The summed E-state index contributed by atoms with van der Waals surface area (Å²) in [6.07, 6.45) is 6.06. The molecule has 0 spiro atoms. The van der Waals surface area contributed by atoms with Crippen LogP contribution in [0.2, 0.25) is 0 Å². The molecule has 3 heteroatoms. The van der Waals surface area contributed by atoms with Gasteiger partial charge in [-0.15, -0.1) is 0 Å². The van der Waals surface area contributed by atoms with E-state index in [4.69, 9.17) is 0 Å². The number of piperidine rings is 1. The van der Waals surface area contributed by atoms with E-state index in [0.717, 1.165) is 30.1 Å². The SMILES string of the molecule is Cc1cc(N2CCC(C)C(C)C2)c(CNC2CC2)cn1. The first kappa shape index (κ1) is 13.9. The number of nitrogens with zero attached hydrogens (tertiary/aromatic N) is 2. The van der Waals surface area contributed by atoms with E-state index in [1.54, 1.807) is 0 Å². The van der Waals surface area contributed by atoms with Crippen molar-refractivity contribution < 1.29 is 0 Å². The molecule has 0 radical (unpaired) electrons. The summed E-state index contributed by atoms with van der Waals surface area (Å²) in [6, 6.07) is 3.02. The maximum Gasteiger partial charge on any atom is 0.0445 e. The highest BCUT2D eigenvalue weighted by atomic mass is 15.1. The fourth-order valence-electron chi connectivity index (χ4n) is 3.03. The molecule has 1 N–H and O–H groups in total. The van der Waals surface area contributed by atoms with Gasteiger partial charge in [-0.25, -0.2) is 0 Å². The number of pyridine rings is 1. The number of hydrogen-bond donors (Lipinski definition) is 1. The van der Waals surface area contributed by atoms with Crippen molar-refractivity contribution in [3.63, 3.8) is 0 Å². The van der Waals surface area contributed by atoms with E-state index in [9.17, 15) is 0 Å². The molecule has 0 aromatic carbocycles. The van der Waals surface area contributed by atoms with Crippen molar-refractivity contribution in [2.24, 2.45) is 11.8 Å². The molecular weight excluding hydrogens is 246 g/mol. The van der Waals surface area contributed by atoms with Crippen LogP contribution in [0.25, 0.3) is 0 Å². The molecular formula is C17H27N3. The summed E-state index contributed by atoms with van der Waals surface area (Å²) in [4.78, 5) is 7.07. The third kappa shape index (κ3) is 3.14. The van der Waals surface area contributed by atoms with E-state index < -0.39 is 0 Å². The summed E-state index contributed by atoms with van der Waals surface area (Å²) in [5.74, 6) is 1.63. The molecule has 2 aliphatic rings. The van der Waals surface area contributed by atoms with Crippen molar-refractivity contribution in [2.75, 3.05) is 18.0 Å². The predicted octanol–water partition coefficient (Wildman–Crippen LogP) is 3.12. The summed E-state index contributed by atoms with van der Waals surface area (Å²) >= 11 is 0. The van der Waals surface area contributed by atoms with E-state index in [1.165, 1.54) is 43.6 Å². The fraction of sp³-hybridized carbons (Fsp3) is 0.706. The average Bonchev–Trinajstić information content (AvgIpc) is 3.24. The number of anilines is 1. The molecule has 2 fully saturated rings. The molecule has 1 saturated carbocycles. The Bertz CT molecular complexity index is 467. The van der Waals surface area contributed by atoms with Gasteiger partial charge in [-0.3, -0.25) is 4.98 Å². The Kier molecular flexibility index (Phi) is 3.97. The summed E-state index contributed by atoms with van der Waals surface area (Å²) in [7, 11) is 0. The molecule has 0 amide bonds. The lowest BCUT2D eigenvalue weighted by atomic mass is 9.88. The van der Waals surface area contributed by atoms with Crippen molar-refractivity contribution in [2.45, 2.75) is 52.6 Å². The molecule has 20 heavy (non-hydrogen) atoms. The number of aromatic nitrogens is 1. The van der Waals surface area contributed by atoms with E-state index in [2.05, 4.69) is 48.2 Å². The Hall–Kier alpha value is -1.09. The molecule has 3 rings (SSSR count). The highest BCUT2D eigenvalue weighted by Crippen LogP contribution is 2.30. The molecule has 0 bridgehead atoms. The molecule has 1 aliphatic heterocycles. The smallest absolute Gasteiger partial charge is 0.0445 e. The summed E-state index contributed by atoms with van der Waals surface area (Å²) in [5, 5.41) is 3.63. The van der Waals surface area contributed by atoms with E-state index >= 15 is 0 Å². The molecule has 2 unspecified atom stereocenters. The first-order valence-corrected chi connectivity index (χ1v) is 8.07. The monoisotopic (exact) mass is 273 g/mol. The number of hydrogen-bond acceptors (Lipinski definition) is 3. The summed E-state index contributed by atoms with van der Waals surface area (Å²) < 4.78 is 0. The quantitative estimate of drug-likeness (QED) is 0.913. The second-order valence-corrected chi connectivity index (χ2v) is 6.80. The van der Waals surface area contributed by atoms with Crippen LogP contribution in [0.15, 0.2) is 12.3 Å². The van der Waals surface area contributed by atoms with Crippen LogP contribution >= 0.6 is 0 Å². The number of rotatable bonds is 4. The van der Waals surface area contributed by atoms with Crippen LogP contribution in [-0.2, 0) is 6.54 Å². The van der Waals surface area contributed by atoms with Crippen LogP contribution < -0.4 is 10.2 Å². The minimum Gasteiger partial charge on any atom is -0.371 e. The lowest BCUT2D eigenvalue weighted by Crippen LogP contribution is -2.39. The highest BCUT2D eigenvalue weighted by Gasteiger charge is 2.25. The van der Waals surface area contributed by atoms with Gasteiger partial charge in [0.1, 0.15) is 0 Å². The summed E-state index contributed by atoms with van der Waals surface area (Å²) in [6.45, 7) is 10.2. The Morgan fingerprint density at radius 3 is 2.75 bits per heavy atom. The zero-order chi connectivity index (χ0) is 14.1. The molecule has 1 aromatic rings. The zero-order valence-electron chi connectivity index (χ0n) is 13.0. The molecule has 2 atom stereocenters. The largest absolute Gasteiger partial charge is 0.371 e. The van der Waals surface area contributed by atoms with Gasteiger partial charge in [0.05, 0.1) is 0 Å². The number of aryl methyl sites for hydroxylation is 1. The second kappa shape index (κ2) is 5.72. The molecule has 1 aliphatic carbocycles. The maximum atomic E-state index is 4.50. The Labute approximate surface area is 122 Å². The van der Waals surface area contributed by atoms with Crippen molar-refractivity contribution in [1.82, 2.24) is 10.3 Å². The maximum absolute atomic E-state index is 4.50. The lowest BCUT2D eigenvalue weighted by Gasteiger charge is -2.37. The van der Waals surface area contributed by atoms with Crippen molar-refractivity contribution in [1.29, 1.82) is 0 Å². The lowest BCUT2D eigenvalue weighted by molar-refractivity contribution is 0.323. The van der Waals surface area contributed by atoms with Gasteiger partial charge in [-0.05, 0) is 44.1 Å². The van der Waals surface area contributed by atoms with Crippen LogP contribution in [0.3, 0.4) is 0 Å². The van der Waals surface area contributed by atoms with E-state index in [-0.39, 0.29) is 0 Å². The zero-order valence-corrected chi connectivity index (χ0v) is 13.0. The Morgan fingerprint density at radius 1 is 1.25 bits per heavy atom. The number of nitrogens with one attached hydrogen (secondary N) is 1. The van der Waals surface area contributed by atoms with Gasteiger partial charge < -0.3 is 10.2 Å². The van der Waals surface area contributed by atoms with Crippen LogP contribution in [0.4, 0.5) is 5.69 Å². The predicted molar refractivity (Wildman–Crippen MR) is 84.0 cm³/mol. The van der Waals surface area contributed by atoms with Crippen LogP contribution in [0, 0.1) is 18.8 Å². The van der Waals surface area contributed by atoms with Gasteiger partial charge in [0, 0.05) is 48.8 Å². The van der Waals surface area contributed by atoms with Gasteiger partial charge in [0.2, 0.25) is 0 Å². The van der Waals surface area contributed by atoms with Crippen molar-refractivity contribution >= 4 is 5.69 Å². The molecule has 110 valence electrons. The molecule has 1 saturated heterocycles. The third-order valence-electron chi connectivity index (χ3n) is 4.93. The topological polar surface area (TPSA) is 28.2 Å². The van der Waals surface area contributed by atoms with Crippen molar-refractivity contribution in [3.8, 4) is 0 Å². The molecule has 1 aromatic heterocycles. The van der Waals surface area contributed by atoms with Crippen molar-refractivity contribution in [3.05, 3.63) is 23.5 Å². The first-order chi connectivity index (χ1) is 9.63. The van der Waals surface area contributed by atoms with Gasteiger partial charge in [-0.1, -0.05) is 13.8 Å². The second-order valence-electron chi connectivity index (χ2n) is 6.80. The normalized spacial score (nSPS) is 26.9. The minimum absolute atomic E-state index is 0.754. The van der Waals surface area contributed by atoms with Crippen LogP contribution in [-0.4, -0.2) is 24.1 Å². The summed E-state index contributed by atoms with van der Waals surface area (Å²) in [5.41, 5.74) is 3.90. The molecule has 3 nitrogen and oxygen atoms in total. The van der Waals surface area contributed by atoms with E-state index in [0.29, 0.717) is 0 Å². The van der Waals surface area contributed by atoms with Crippen LogP contribution in [0.1, 0.15) is 44.4 Å². The van der Waals surface area contributed by atoms with Gasteiger partial charge >= 0.3 is 0 Å². The van der Waals surface area contributed by atoms with Gasteiger partial charge in [0.25, 0.3) is 0 Å². The third-order valence-corrected chi connectivity index (χ3v) is 4.93. The highest BCUT2D eigenvalue weighted by molar-refractivity contribution is 5.54. The molecule has 2 heterocycles. The van der Waals surface area contributed by atoms with Gasteiger partial charge in [-0.2, -0.15) is 0 Å². The van der Waals surface area contributed by atoms with Crippen LogP contribution in [0.5, 0.6) is 0 Å². The van der Waals surface area contributed by atoms with E-state index in [1.807, 2.05) is 0 Å². The van der Waals surface area contributed by atoms with Gasteiger partial charge in [0.15, 0.2) is 0 Å². The average molecular weight is 273 g/mol. The first-order valence-electron chi connectivity index (χ1n) is 8.07.